The number of nitrogens with zero attached hydrogens (tertiary/aromatic N) is 3. The van der Waals surface area contributed by atoms with Gasteiger partial charge in [-0.05, 0) is 43.0 Å². The summed E-state index contributed by atoms with van der Waals surface area (Å²) < 4.78 is 0. The van der Waals surface area contributed by atoms with Crippen molar-refractivity contribution < 1.29 is 9.59 Å². The lowest BCUT2D eigenvalue weighted by atomic mass is 9.92. The van der Waals surface area contributed by atoms with Crippen LogP contribution in [-0.4, -0.2) is 52.8 Å². The zero-order chi connectivity index (χ0) is 19.5. The van der Waals surface area contributed by atoms with Crippen molar-refractivity contribution in [2.24, 2.45) is 11.8 Å². The fourth-order valence-electron chi connectivity index (χ4n) is 4.20. The van der Waals surface area contributed by atoms with E-state index in [1.807, 2.05) is 15.7 Å². The maximum atomic E-state index is 12.8. The van der Waals surface area contributed by atoms with Gasteiger partial charge in [-0.15, -0.1) is 11.3 Å². The van der Waals surface area contributed by atoms with Gasteiger partial charge in [-0.1, -0.05) is 6.92 Å². The van der Waals surface area contributed by atoms with E-state index in [2.05, 4.69) is 28.3 Å². The van der Waals surface area contributed by atoms with E-state index in [-0.39, 0.29) is 11.8 Å². The highest BCUT2D eigenvalue weighted by Crippen LogP contribution is 2.27. The van der Waals surface area contributed by atoms with E-state index in [9.17, 15) is 9.59 Å². The second kappa shape index (κ2) is 8.74. The summed E-state index contributed by atoms with van der Waals surface area (Å²) in [5.41, 5.74) is 1.97. The Morgan fingerprint density at radius 2 is 1.96 bits per heavy atom. The molecule has 0 saturated carbocycles. The Balaban J connectivity index is 1.27. The van der Waals surface area contributed by atoms with Crippen molar-refractivity contribution in [1.29, 1.82) is 0 Å². The second-order valence-electron chi connectivity index (χ2n) is 8.02. The van der Waals surface area contributed by atoms with Gasteiger partial charge in [0.25, 0.3) is 0 Å². The van der Waals surface area contributed by atoms with Gasteiger partial charge in [-0.2, -0.15) is 11.3 Å². The first-order chi connectivity index (χ1) is 13.6. The van der Waals surface area contributed by atoms with E-state index < -0.39 is 0 Å². The third-order valence-electron chi connectivity index (χ3n) is 5.82. The SMILES string of the molecule is CC1CCCN(C(=O)C2CCN(C(=O)Cc3csc(-c4ccsc4)n3)CC2)C1. The lowest BCUT2D eigenvalue weighted by Crippen LogP contribution is -2.47. The van der Waals surface area contributed by atoms with Crippen LogP contribution in [0.4, 0.5) is 0 Å². The number of rotatable bonds is 4. The molecule has 1 atom stereocenters. The third-order valence-corrected chi connectivity index (χ3v) is 7.44. The normalized spacial score (nSPS) is 21.1. The maximum absolute atomic E-state index is 12.8. The predicted molar refractivity (Wildman–Crippen MR) is 113 cm³/mol. The van der Waals surface area contributed by atoms with Gasteiger partial charge in [-0.25, -0.2) is 4.98 Å². The van der Waals surface area contributed by atoms with Crippen molar-refractivity contribution in [1.82, 2.24) is 14.8 Å². The number of hydrogen-bond donors (Lipinski definition) is 0. The average molecular weight is 418 g/mol. The number of thiophene rings is 1. The minimum absolute atomic E-state index is 0.0822. The Kier molecular flexibility index (Phi) is 6.11. The molecule has 2 aliphatic rings. The zero-order valence-corrected chi connectivity index (χ0v) is 17.9. The van der Waals surface area contributed by atoms with Gasteiger partial charge >= 0.3 is 0 Å². The number of carbonyl (C=O) groups is 2. The molecule has 2 aromatic heterocycles. The summed E-state index contributed by atoms with van der Waals surface area (Å²) in [5, 5.41) is 7.08. The summed E-state index contributed by atoms with van der Waals surface area (Å²) in [6.45, 7) is 5.39. The summed E-state index contributed by atoms with van der Waals surface area (Å²) in [7, 11) is 0. The van der Waals surface area contributed by atoms with Crippen molar-refractivity contribution in [2.45, 2.75) is 39.0 Å². The van der Waals surface area contributed by atoms with Crippen molar-refractivity contribution >= 4 is 34.5 Å². The Morgan fingerprint density at radius 3 is 2.68 bits per heavy atom. The maximum Gasteiger partial charge on any atom is 0.228 e. The lowest BCUT2D eigenvalue weighted by molar-refractivity contribution is -0.141. The molecule has 4 heterocycles. The molecular formula is C21H27N3O2S2. The molecule has 0 aromatic carbocycles. The van der Waals surface area contributed by atoms with E-state index >= 15 is 0 Å². The second-order valence-corrected chi connectivity index (χ2v) is 9.66. The van der Waals surface area contributed by atoms with Crippen molar-refractivity contribution in [2.75, 3.05) is 26.2 Å². The fourth-order valence-corrected chi connectivity index (χ4v) is 5.73. The Morgan fingerprint density at radius 1 is 1.14 bits per heavy atom. The highest BCUT2D eigenvalue weighted by Gasteiger charge is 2.31. The van der Waals surface area contributed by atoms with E-state index in [1.165, 1.54) is 6.42 Å². The molecular weight excluding hydrogens is 390 g/mol. The molecule has 5 nitrogen and oxygen atoms in total. The van der Waals surface area contributed by atoms with Crippen LogP contribution in [0.1, 0.15) is 38.3 Å². The number of thiazole rings is 1. The summed E-state index contributed by atoms with van der Waals surface area (Å²) in [4.78, 5) is 34.1. The van der Waals surface area contributed by atoms with Gasteiger partial charge < -0.3 is 9.80 Å². The largest absolute Gasteiger partial charge is 0.342 e. The van der Waals surface area contributed by atoms with Crippen LogP contribution in [-0.2, 0) is 16.0 Å². The van der Waals surface area contributed by atoms with Crippen LogP contribution in [0.5, 0.6) is 0 Å². The smallest absolute Gasteiger partial charge is 0.228 e. The van der Waals surface area contributed by atoms with Gasteiger partial charge in [0.15, 0.2) is 0 Å². The summed E-state index contributed by atoms with van der Waals surface area (Å²) >= 11 is 3.24. The summed E-state index contributed by atoms with van der Waals surface area (Å²) in [5.74, 6) is 1.12. The van der Waals surface area contributed by atoms with Crippen LogP contribution in [0.25, 0.3) is 10.6 Å². The minimum Gasteiger partial charge on any atom is -0.342 e. The quantitative estimate of drug-likeness (QED) is 0.758. The van der Waals surface area contributed by atoms with Crippen LogP contribution >= 0.6 is 22.7 Å². The fraction of sp³-hybridized carbons (Fsp3) is 0.571. The Labute approximate surface area is 174 Å². The average Bonchev–Trinajstić information content (AvgIpc) is 3.39. The van der Waals surface area contributed by atoms with Gasteiger partial charge in [0.2, 0.25) is 11.8 Å². The Hall–Kier alpha value is -1.73. The number of hydrogen-bond acceptors (Lipinski definition) is 5. The van der Waals surface area contributed by atoms with Crippen molar-refractivity contribution in [3.8, 4) is 10.6 Å². The first kappa shape index (κ1) is 19.6. The highest BCUT2D eigenvalue weighted by molar-refractivity contribution is 7.14. The number of amides is 2. The molecule has 0 bridgehead atoms. The molecule has 0 radical (unpaired) electrons. The molecule has 0 aliphatic carbocycles. The molecule has 7 heteroatoms. The first-order valence-electron chi connectivity index (χ1n) is 10.1. The van der Waals surface area contributed by atoms with E-state index in [0.29, 0.717) is 31.3 Å². The van der Waals surface area contributed by atoms with Crippen molar-refractivity contribution in [3.63, 3.8) is 0 Å². The van der Waals surface area contributed by atoms with Gasteiger partial charge in [0, 0.05) is 48.4 Å². The van der Waals surface area contributed by atoms with Crippen molar-refractivity contribution in [3.05, 3.63) is 27.9 Å². The molecule has 28 heavy (non-hydrogen) atoms. The van der Waals surface area contributed by atoms with Crippen LogP contribution in [0.2, 0.25) is 0 Å². The lowest BCUT2D eigenvalue weighted by Gasteiger charge is -2.37. The predicted octanol–water partition coefficient (Wildman–Crippen LogP) is 3.91. The van der Waals surface area contributed by atoms with E-state index in [4.69, 9.17) is 0 Å². The molecule has 2 aromatic rings. The van der Waals surface area contributed by atoms with Crippen LogP contribution in [0, 0.1) is 11.8 Å². The molecule has 2 saturated heterocycles. The number of carbonyl (C=O) groups excluding carboxylic acids is 2. The third kappa shape index (κ3) is 4.46. The van der Waals surface area contributed by atoms with Crippen LogP contribution in [0.3, 0.4) is 0 Å². The molecule has 0 N–H and O–H groups in total. The zero-order valence-electron chi connectivity index (χ0n) is 16.3. The summed E-state index contributed by atoms with van der Waals surface area (Å²) in [6.07, 6.45) is 4.26. The van der Waals surface area contributed by atoms with Gasteiger partial charge in [0.05, 0.1) is 12.1 Å². The first-order valence-corrected chi connectivity index (χ1v) is 12.0. The van der Waals surface area contributed by atoms with E-state index in [0.717, 1.165) is 48.6 Å². The number of piperidine rings is 2. The van der Waals surface area contributed by atoms with Crippen LogP contribution in [0.15, 0.2) is 22.2 Å². The standard InChI is InChI=1S/C21H27N3O2S2/c1-15-3-2-7-24(12-15)21(26)16-4-8-23(9-5-16)19(25)11-18-14-28-20(22-18)17-6-10-27-13-17/h6,10,13-16H,2-5,7-9,11-12H2,1H3. The molecule has 0 spiro atoms. The molecule has 4 rings (SSSR count). The molecule has 2 amide bonds. The highest BCUT2D eigenvalue weighted by atomic mass is 32.1. The Bertz CT molecular complexity index is 809. The minimum atomic E-state index is 0.0822. The number of aromatic nitrogens is 1. The monoisotopic (exact) mass is 417 g/mol. The molecule has 150 valence electrons. The molecule has 2 aliphatic heterocycles. The topological polar surface area (TPSA) is 53.5 Å². The molecule has 2 fully saturated rings. The van der Waals surface area contributed by atoms with Gasteiger partial charge in [-0.3, -0.25) is 9.59 Å². The van der Waals surface area contributed by atoms with Gasteiger partial charge in [0.1, 0.15) is 5.01 Å². The van der Waals surface area contributed by atoms with Crippen LogP contribution < -0.4 is 0 Å². The summed E-state index contributed by atoms with van der Waals surface area (Å²) in [6, 6.07) is 2.06. The molecule has 1 unspecified atom stereocenters. The van der Waals surface area contributed by atoms with E-state index in [1.54, 1.807) is 22.7 Å². The number of likely N-dealkylation sites (tertiary alicyclic amines) is 2.